The van der Waals surface area contributed by atoms with Crippen LogP contribution >= 0.6 is 15.9 Å². The third-order valence-electron chi connectivity index (χ3n) is 3.64. The summed E-state index contributed by atoms with van der Waals surface area (Å²) in [7, 11) is 5.66. The first-order valence-corrected chi connectivity index (χ1v) is 8.24. The van der Waals surface area contributed by atoms with E-state index < -0.39 is 0 Å². The molecule has 2 aromatic heterocycles. The fourth-order valence-corrected chi connectivity index (χ4v) is 3.13. The summed E-state index contributed by atoms with van der Waals surface area (Å²) in [5.74, 6) is 0.469. The van der Waals surface area contributed by atoms with E-state index in [2.05, 4.69) is 36.3 Å². The molecule has 0 saturated carbocycles. The van der Waals surface area contributed by atoms with Crippen molar-refractivity contribution in [1.82, 2.24) is 24.6 Å². The Balaban J connectivity index is 1.80. The summed E-state index contributed by atoms with van der Waals surface area (Å²) in [5.41, 5.74) is 2.26. The highest BCUT2D eigenvalue weighted by molar-refractivity contribution is 9.10. The van der Waals surface area contributed by atoms with Crippen molar-refractivity contribution in [3.05, 3.63) is 46.1 Å². The third kappa shape index (κ3) is 3.39. The SMILES string of the molecule is CN(C)Cc1ccc(CNc2ncnc3c2c(Br)nn3C)cc1F. The predicted octanol–water partition coefficient (Wildman–Crippen LogP) is 2.94. The van der Waals surface area contributed by atoms with Crippen molar-refractivity contribution >= 4 is 32.8 Å². The number of hydrogen-bond acceptors (Lipinski definition) is 5. The van der Waals surface area contributed by atoms with Gasteiger partial charge in [-0.05, 0) is 41.7 Å². The van der Waals surface area contributed by atoms with Crippen LogP contribution in [0.3, 0.4) is 0 Å². The number of aromatic nitrogens is 4. The number of hydrogen-bond donors (Lipinski definition) is 1. The highest BCUT2D eigenvalue weighted by Gasteiger charge is 2.13. The first-order chi connectivity index (χ1) is 11.5. The summed E-state index contributed by atoms with van der Waals surface area (Å²) in [5, 5.41) is 8.33. The molecule has 6 nitrogen and oxygen atoms in total. The number of benzene rings is 1. The van der Waals surface area contributed by atoms with Crippen molar-refractivity contribution in [2.75, 3.05) is 19.4 Å². The summed E-state index contributed by atoms with van der Waals surface area (Å²) in [6.07, 6.45) is 1.49. The lowest BCUT2D eigenvalue weighted by molar-refractivity contribution is 0.392. The number of rotatable bonds is 5. The minimum atomic E-state index is -0.196. The molecule has 0 saturated heterocycles. The van der Waals surface area contributed by atoms with Gasteiger partial charge in [-0.1, -0.05) is 12.1 Å². The minimum absolute atomic E-state index is 0.196. The van der Waals surface area contributed by atoms with Crippen molar-refractivity contribution in [3.63, 3.8) is 0 Å². The highest BCUT2D eigenvalue weighted by atomic mass is 79.9. The standard InChI is InChI=1S/C16H18BrFN6/c1-23(2)8-11-5-4-10(6-12(11)18)7-19-15-13-14(17)22-24(3)16(13)21-9-20-15/h4-6,9H,7-8H2,1-3H3,(H,19,20,21). The monoisotopic (exact) mass is 392 g/mol. The Morgan fingerprint density at radius 3 is 2.79 bits per heavy atom. The molecule has 0 atom stereocenters. The van der Waals surface area contributed by atoms with E-state index in [1.54, 1.807) is 10.7 Å². The number of nitrogens with one attached hydrogen (secondary N) is 1. The van der Waals surface area contributed by atoms with E-state index in [4.69, 9.17) is 0 Å². The largest absolute Gasteiger partial charge is 0.365 e. The number of halogens is 2. The van der Waals surface area contributed by atoms with E-state index in [0.717, 1.165) is 16.6 Å². The van der Waals surface area contributed by atoms with Crippen LogP contribution in [0.5, 0.6) is 0 Å². The normalized spacial score (nSPS) is 11.4. The summed E-state index contributed by atoms with van der Waals surface area (Å²) in [6.45, 7) is 1.04. The maximum absolute atomic E-state index is 14.2. The van der Waals surface area contributed by atoms with Crippen molar-refractivity contribution in [2.24, 2.45) is 7.05 Å². The summed E-state index contributed by atoms with van der Waals surface area (Å²) in [4.78, 5) is 10.4. The average molecular weight is 393 g/mol. The highest BCUT2D eigenvalue weighted by Crippen LogP contribution is 2.27. The van der Waals surface area contributed by atoms with Crippen molar-refractivity contribution in [1.29, 1.82) is 0 Å². The molecule has 0 amide bonds. The molecule has 3 rings (SSSR count). The zero-order valence-corrected chi connectivity index (χ0v) is 15.3. The van der Waals surface area contributed by atoms with Gasteiger partial charge in [-0.15, -0.1) is 0 Å². The fourth-order valence-electron chi connectivity index (χ4n) is 2.53. The molecule has 0 radical (unpaired) electrons. The first-order valence-electron chi connectivity index (χ1n) is 7.45. The van der Waals surface area contributed by atoms with Crippen molar-refractivity contribution < 1.29 is 4.39 Å². The molecular formula is C16H18BrFN6. The molecular weight excluding hydrogens is 375 g/mol. The second-order valence-corrected chi connectivity index (χ2v) is 6.60. The molecule has 8 heteroatoms. The number of anilines is 1. The maximum atomic E-state index is 14.2. The third-order valence-corrected chi connectivity index (χ3v) is 4.20. The number of fused-ring (bicyclic) bond motifs is 1. The molecule has 0 fully saturated rings. The van der Waals surface area contributed by atoms with Gasteiger partial charge in [-0.3, -0.25) is 0 Å². The van der Waals surface area contributed by atoms with Gasteiger partial charge in [0.15, 0.2) is 5.65 Å². The molecule has 1 N–H and O–H groups in total. The van der Waals surface area contributed by atoms with E-state index in [1.165, 1.54) is 6.33 Å². The molecule has 0 bridgehead atoms. The number of nitrogens with zero attached hydrogens (tertiary/aromatic N) is 5. The lowest BCUT2D eigenvalue weighted by Crippen LogP contribution is -2.12. The van der Waals surface area contributed by atoms with E-state index >= 15 is 0 Å². The molecule has 0 aliphatic heterocycles. The Hall–Kier alpha value is -2.06. The van der Waals surface area contributed by atoms with Crippen LogP contribution in [-0.4, -0.2) is 38.7 Å². The van der Waals surface area contributed by atoms with E-state index in [0.29, 0.717) is 29.1 Å². The molecule has 2 heterocycles. The van der Waals surface area contributed by atoms with E-state index in [1.807, 2.05) is 38.2 Å². The fraction of sp³-hybridized carbons (Fsp3) is 0.312. The molecule has 24 heavy (non-hydrogen) atoms. The molecule has 0 spiro atoms. The van der Waals surface area contributed by atoms with Crippen LogP contribution in [0.4, 0.5) is 10.2 Å². The van der Waals surface area contributed by atoms with Crippen LogP contribution in [0.25, 0.3) is 11.0 Å². The van der Waals surface area contributed by atoms with Crippen LogP contribution in [0.1, 0.15) is 11.1 Å². The Morgan fingerprint density at radius 2 is 2.08 bits per heavy atom. The first kappa shape index (κ1) is 16.8. The molecule has 3 aromatic rings. The van der Waals surface area contributed by atoms with Gasteiger partial charge >= 0.3 is 0 Å². The van der Waals surface area contributed by atoms with Gasteiger partial charge in [0.1, 0.15) is 22.6 Å². The van der Waals surface area contributed by atoms with Gasteiger partial charge in [0, 0.05) is 25.7 Å². The second-order valence-electron chi connectivity index (χ2n) is 5.85. The van der Waals surface area contributed by atoms with Crippen LogP contribution < -0.4 is 5.32 Å². The van der Waals surface area contributed by atoms with Crippen molar-refractivity contribution in [2.45, 2.75) is 13.1 Å². The Morgan fingerprint density at radius 1 is 1.29 bits per heavy atom. The van der Waals surface area contributed by atoms with Gasteiger partial charge in [0.05, 0.1) is 5.39 Å². The smallest absolute Gasteiger partial charge is 0.164 e. The van der Waals surface area contributed by atoms with Gasteiger partial charge in [0.2, 0.25) is 0 Å². The maximum Gasteiger partial charge on any atom is 0.164 e. The Labute approximate surface area is 147 Å². The summed E-state index contributed by atoms with van der Waals surface area (Å²) >= 11 is 3.42. The predicted molar refractivity (Wildman–Crippen MR) is 95.1 cm³/mol. The quantitative estimate of drug-likeness (QED) is 0.723. The lowest BCUT2D eigenvalue weighted by Gasteiger charge is -2.12. The number of aryl methyl sites for hydroxylation is 1. The topological polar surface area (TPSA) is 58.9 Å². The van der Waals surface area contributed by atoms with Gasteiger partial charge in [-0.25, -0.2) is 19.0 Å². The minimum Gasteiger partial charge on any atom is -0.365 e. The summed E-state index contributed by atoms with van der Waals surface area (Å²) < 4.78 is 16.5. The molecule has 0 unspecified atom stereocenters. The van der Waals surface area contributed by atoms with Gasteiger partial charge in [0.25, 0.3) is 0 Å². The van der Waals surface area contributed by atoms with Crippen LogP contribution in [-0.2, 0) is 20.1 Å². The van der Waals surface area contributed by atoms with Crippen molar-refractivity contribution in [3.8, 4) is 0 Å². The Bertz CT molecular complexity index is 876. The van der Waals surface area contributed by atoms with Crippen LogP contribution in [0, 0.1) is 5.82 Å². The van der Waals surface area contributed by atoms with Crippen LogP contribution in [0.2, 0.25) is 0 Å². The van der Waals surface area contributed by atoms with E-state index in [9.17, 15) is 4.39 Å². The zero-order valence-electron chi connectivity index (χ0n) is 13.7. The lowest BCUT2D eigenvalue weighted by atomic mass is 10.1. The molecule has 0 aliphatic carbocycles. The van der Waals surface area contributed by atoms with Gasteiger partial charge < -0.3 is 10.2 Å². The Kier molecular flexibility index (Phi) is 4.77. The molecule has 0 aliphatic rings. The second kappa shape index (κ2) is 6.82. The van der Waals surface area contributed by atoms with Crippen LogP contribution in [0.15, 0.2) is 29.1 Å². The van der Waals surface area contributed by atoms with E-state index in [-0.39, 0.29) is 5.82 Å². The molecule has 126 valence electrons. The van der Waals surface area contributed by atoms with Gasteiger partial charge in [-0.2, -0.15) is 5.10 Å². The summed E-state index contributed by atoms with van der Waals surface area (Å²) in [6, 6.07) is 5.30. The zero-order chi connectivity index (χ0) is 17.3. The average Bonchev–Trinajstić information content (AvgIpc) is 2.83. The molecule has 1 aromatic carbocycles.